The van der Waals surface area contributed by atoms with Crippen molar-refractivity contribution in [2.24, 2.45) is 4.99 Å². The lowest BCUT2D eigenvalue weighted by molar-refractivity contribution is -0.115. The molecule has 0 saturated carbocycles. The van der Waals surface area contributed by atoms with E-state index in [0.717, 1.165) is 16.7 Å². The number of ether oxygens (including phenoxy) is 3. The van der Waals surface area contributed by atoms with E-state index in [1.54, 1.807) is 38.5 Å². The average molecular weight is 486 g/mol. The van der Waals surface area contributed by atoms with Crippen LogP contribution in [-0.4, -0.2) is 25.3 Å². The molecule has 1 fully saturated rings. The molecule has 0 aromatic heterocycles. The number of amidine groups is 1. The first-order chi connectivity index (χ1) is 17.0. The van der Waals surface area contributed by atoms with Crippen molar-refractivity contribution in [1.82, 2.24) is 5.32 Å². The fraction of sp³-hybridized carbons (Fsp3) is 0.148. The Morgan fingerprint density at radius 3 is 2.57 bits per heavy atom. The number of nitrogens with zero attached hydrogens (tertiary/aromatic N) is 2. The smallest absolute Gasteiger partial charge is 0.264 e. The Balaban J connectivity index is 1.52. The molecule has 0 radical (unpaired) electrons. The molecule has 1 aliphatic heterocycles. The van der Waals surface area contributed by atoms with Crippen molar-refractivity contribution in [3.8, 4) is 23.3 Å². The fourth-order valence-corrected chi connectivity index (χ4v) is 4.27. The van der Waals surface area contributed by atoms with Gasteiger partial charge in [0.15, 0.2) is 16.7 Å². The van der Waals surface area contributed by atoms with E-state index in [0.29, 0.717) is 38.6 Å². The summed E-state index contributed by atoms with van der Waals surface area (Å²) < 4.78 is 16.8. The molecule has 3 aromatic carbocycles. The molecular formula is C27H23N3O4S. The van der Waals surface area contributed by atoms with Crippen LogP contribution in [0, 0.1) is 18.3 Å². The van der Waals surface area contributed by atoms with Gasteiger partial charge in [0.05, 0.1) is 30.8 Å². The molecule has 1 amide bonds. The Hall–Kier alpha value is -4.22. The maximum absolute atomic E-state index is 12.5. The molecule has 7 nitrogen and oxygen atoms in total. The summed E-state index contributed by atoms with van der Waals surface area (Å²) in [6, 6.07) is 20.6. The summed E-state index contributed by atoms with van der Waals surface area (Å²) in [4.78, 5) is 17.6. The normalized spacial score (nSPS) is 15.1. The summed E-state index contributed by atoms with van der Waals surface area (Å²) in [6.45, 7) is 2.21. The summed E-state index contributed by atoms with van der Waals surface area (Å²) in [5.41, 5.74) is 3.83. The van der Waals surface area contributed by atoms with Crippen LogP contribution in [0.3, 0.4) is 0 Å². The third kappa shape index (κ3) is 5.65. The monoisotopic (exact) mass is 485 g/mol. The third-order valence-electron chi connectivity index (χ3n) is 5.21. The number of nitrogens with one attached hydrogen (secondary N) is 1. The van der Waals surface area contributed by atoms with Crippen LogP contribution in [0.15, 0.2) is 70.6 Å². The molecule has 8 heteroatoms. The highest BCUT2D eigenvalue weighted by Gasteiger charge is 2.24. The van der Waals surface area contributed by atoms with E-state index >= 15 is 0 Å². The molecule has 1 aliphatic rings. The topological polar surface area (TPSA) is 92.9 Å². The van der Waals surface area contributed by atoms with Gasteiger partial charge < -0.3 is 19.5 Å². The molecule has 3 aromatic rings. The van der Waals surface area contributed by atoms with Gasteiger partial charge in [-0.2, -0.15) is 5.26 Å². The lowest BCUT2D eigenvalue weighted by Crippen LogP contribution is -2.19. The molecule has 0 atom stereocenters. The van der Waals surface area contributed by atoms with Crippen molar-refractivity contribution < 1.29 is 19.0 Å². The number of benzene rings is 3. The third-order valence-corrected chi connectivity index (χ3v) is 6.12. The molecule has 176 valence electrons. The van der Waals surface area contributed by atoms with Crippen LogP contribution >= 0.6 is 11.8 Å². The minimum atomic E-state index is -0.229. The quantitative estimate of drug-likeness (QED) is 0.453. The SMILES string of the molecule is COc1ccc(C)cc1N=C1NC(=O)/C(=C/c2ccc(OCc3ccccc3C#N)c(OC)c2)S1. The van der Waals surface area contributed by atoms with E-state index in [-0.39, 0.29) is 12.5 Å². The van der Waals surface area contributed by atoms with Crippen molar-refractivity contribution in [2.75, 3.05) is 14.2 Å². The largest absolute Gasteiger partial charge is 0.494 e. The number of methoxy groups -OCH3 is 2. The number of thioether (sulfide) groups is 1. The number of aliphatic imine (C=N–C) groups is 1. The van der Waals surface area contributed by atoms with Crippen LogP contribution in [0.1, 0.15) is 22.3 Å². The van der Waals surface area contributed by atoms with E-state index in [2.05, 4.69) is 16.4 Å². The van der Waals surface area contributed by atoms with Gasteiger partial charge in [-0.3, -0.25) is 4.79 Å². The summed E-state index contributed by atoms with van der Waals surface area (Å²) in [5.74, 6) is 1.47. The molecule has 0 unspecified atom stereocenters. The number of carbonyl (C=O) groups excluding carboxylic acids is 1. The average Bonchev–Trinajstić information content (AvgIpc) is 3.21. The molecule has 35 heavy (non-hydrogen) atoms. The number of nitriles is 1. The molecule has 1 N–H and O–H groups in total. The van der Waals surface area contributed by atoms with Crippen molar-refractivity contribution >= 4 is 34.6 Å². The molecule has 1 saturated heterocycles. The molecule has 0 aliphatic carbocycles. The lowest BCUT2D eigenvalue weighted by atomic mass is 10.1. The predicted octanol–water partition coefficient (Wildman–Crippen LogP) is 5.35. The van der Waals surface area contributed by atoms with Gasteiger partial charge in [0, 0.05) is 5.56 Å². The second kappa shape index (κ2) is 10.8. The Morgan fingerprint density at radius 1 is 1.03 bits per heavy atom. The van der Waals surface area contributed by atoms with E-state index in [1.807, 2.05) is 49.4 Å². The van der Waals surface area contributed by atoms with Crippen molar-refractivity contribution in [3.63, 3.8) is 0 Å². The molecular weight excluding hydrogens is 462 g/mol. The first-order valence-electron chi connectivity index (χ1n) is 10.7. The van der Waals surface area contributed by atoms with Crippen LogP contribution in [0.2, 0.25) is 0 Å². The van der Waals surface area contributed by atoms with Gasteiger partial charge in [0.2, 0.25) is 0 Å². The van der Waals surface area contributed by atoms with E-state index in [1.165, 1.54) is 11.8 Å². The number of carbonyl (C=O) groups is 1. The summed E-state index contributed by atoms with van der Waals surface area (Å²) in [7, 11) is 3.14. The molecule has 4 rings (SSSR count). The molecule has 1 heterocycles. The van der Waals surface area contributed by atoms with Gasteiger partial charge in [-0.15, -0.1) is 0 Å². The van der Waals surface area contributed by atoms with E-state index in [4.69, 9.17) is 14.2 Å². The van der Waals surface area contributed by atoms with Gasteiger partial charge in [0.1, 0.15) is 18.0 Å². The van der Waals surface area contributed by atoms with Crippen molar-refractivity contribution in [2.45, 2.75) is 13.5 Å². The minimum Gasteiger partial charge on any atom is -0.494 e. The zero-order valence-corrected chi connectivity index (χ0v) is 20.3. The van der Waals surface area contributed by atoms with Crippen LogP contribution in [0.25, 0.3) is 6.08 Å². The Bertz CT molecular complexity index is 1380. The van der Waals surface area contributed by atoms with Gasteiger partial charge in [-0.25, -0.2) is 4.99 Å². The maximum Gasteiger partial charge on any atom is 0.264 e. The number of amides is 1. The summed E-state index contributed by atoms with van der Waals surface area (Å²) in [6.07, 6.45) is 1.77. The number of hydrogen-bond acceptors (Lipinski definition) is 7. The Labute approximate surface area is 208 Å². The molecule has 0 spiro atoms. The Kier molecular flexibility index (Phi) is 7.38. The number of rotatable bonds is 7. The van der Waals surface area contributed by atoms with Crippen LogP contribution < -0.4 is 19.5 Å². The highest BCUT2D eigenvalue weighted by atomic mass is 32.2. The van der Waals surface area contributed by atoms with Crippen molar-refractivity contribution in [1.29, 1.82) is 5.26 Å². The van der Waals surface area contributed by atoms with Crippen LogP contribution in [0.4, 0.5) is 5.69 Å². The number of aryl methyl sites for hydroxylation is 1. The van der Waals surface area contributed by atoms with Crippen LogP contribution in [0.5, 0.6) is 17.2 Å². The highest BCUT2D eigenvalue weighted by molar-refractivity contribution is 8.18. The second-order valence-corrected chi connectivity index (χ2v) is 8.66. The van der Waals surface area contributed by atoms with Crippen molar-refractivity contribution in [3.05, 3.63) is 87.8 Å². The second-order valence-electron chi connectivity index (χ2n) is 7.62. The lowest BCUT2D eigenvalue weighted by Gasteiger charge is -2.12. The summed E-state index contributed by atoms with van der Waals surface area (Å²) in [5, 5.41) is 12.5. The minimum absolute atomic E-state index is 0.229. The summed E-state index contributed by atoms with van der Waals surface area (Å²) >= 11 is 1.25. The van der Waals surface area contributed by atoms with Gasteiger partial charge in [-0.1, -0.05) is 30.3 Å². The first kappa shape index (κ1) is 23.9. The zero-order chi connectivity index (χ0) is 24.8. The number of hydrogen-bond donors (Lipinski definition) is 1. The van der Waals surface area contributed by atoms with Gasteiger partial charge in [0.25, 0.3) is 5.91 Å². The molecule has 0 bridgehead atoms. The standard InChI is InChI=1S/C27H23N3O4S/c1-17-8-10-22(32-2)21(12-17)29-27-30-26(31)25(35-27)14-18-9-11-23(24(13-18)33-3)34-16-20-7-5-4-6-19(20)15-28/h4-14H,16H2,1-3H3,(H,29,30,31)/b25-14-. The van der Waals surface area contributed by atoms with Gasteiger partial charge >= 0.3 is 0 Å². The van der Waals surface area contributed by atoms with Gasteiger partial charge in [-0.05, 0) is 66.2 Å². The highest BCUT2D eigenvalue weighted by Crippen LogP contribution is 2.34. The van der Waals surface area contributed by atoms with Crippen LogP contribution in [-0.2, 0) is 11.4 Å². The zero-order valence-electron chi connectivity index (χ0n) is 19.5. The maximum atomic E-state index is 12.5. The first-order valence-corrected chi connectivity index (χ1v) is 11.6. The fourth-order valence-electron chi connectivity index (χ4n) is 3.43. The van der Waals surface area contributed by atoms with E-state index < -0.39 is 0 Å². The Morgan fingerprint density at radius 2 is 1.80 bits per heavy atom. The van der Waals surface area contributed by atoms with E-state index in [9.17, 15) is 10.1 Å². The predicted molar refractivity (Wildman–Crippen MR) is 137 cm³/mol.